The normalized spacial score (nSPS) is 31.5. The summed E-state index contributed by atoms with van der Waals surface area (Å²) in [6.07, 6.45) is 22.8. The predicted octanol–water partition coefficient (Wildman–Crippen LogP) is 8.78. The lowest BCUT2D eigenvalue weighted by molar-refractivity contribution is 0.132. The topological polar surface area (TPSA) is 0 Å². The molecule has 0 aliphatic heterocycles. The van der Waals surface area contributed by atoms with Crippen molar-refractivity contribution in [2.75, 3.05) is 0 Å². The summed E-state index contributed by atoms with van der Waals surface area (Å²) < 4.78 is 15.2. The summed E-state index contributed by atoms with van der Waals surface area (Å²) in [6, 6.07) is 4.24. The number of hydrogen-bond donors (Lipinski definition) is 0. The van der Waals surface area contributed by atoms with Crippen molar-refractivity contribution in [3.63, 3.8) is 0 Å². The number of hydrogen-bond acceptors (Lipinski definition) is 0. The van der Waals surface area contributed by atoms with Crippen LogP contribution >= 0.6 is 0 Å². The maximum atomic E-state index is 15.2. The van der Waals surface area contributed by atoms with E-state index in [0.717, 1.165) is 35.7 Å². The second kappa shape index (κ2) is 10.5. The smallest absolute Gasteiger partial charge is 0.126 e. The van der Waals surface area contributed by atoms with Crippen molar-refractivity contribution in [3.8, 4) is 0 Å². The van der Waals surface area contributed by atoms with E-state index in [1.165, 1.54) is 94.6 Å². The standard InChI is InChI=1S/C29H43F/c1-3-5-6-7-9-22-11-13-25-19-28(29(30)20-27(25)17-22)26-15-14-23-16-21(8-4-2)10-12-24(23)18-26/h4,8,19-24,26H,3,5-7,9-18H2,1-2H3/b8-4+. The van der Waals surface area contributed by atoms with Crippen LogP contribution in [0.4, 0.5) is 4.39 Å². The molecule has 2 fully saturated rings. The first kappa shape index (κ1) is 22.1. The average Bonchev–Trinajstić information content (AvgIpc) is 2.76. The first-order valence-corrected chi connectivity index (χ1v) is 13.1. The van der Waals surface area contributed by atoms with Gasteiger partial charge in [-0.2, -0.15) is 0 Å². The Morgan fingerprint density at radius 3 is 2.60 bits per heavy atom. The van der Waals surface area contributed by atoms with E-state index >= 15 is 4.39 Å². The van der Waals surface area contributed by atoms with Crippen molar-refractivity contribution in [2.24, 2.45) is 23.7 Å². The van der Waals surface area contributed by atoms with E-state index in [0.29, 0.717) is 5.92 Å². The van der Waals surface area contributed by atoms with Crippen molar-refractivity contribution in [3.05, 3.63) is 46.8 Å². The second-order valence-electron chi connectivity index (χ2n) is 10.7. The highest BCUT2D eigenvalue weighted by Gasteiger charge is 2.36. The maximum absolute atomic E-state index is 15.2. The van der Waals surface area contributed by atoms with Gasteiger partial charge < -0.3 is 0 Å². The van der Waals surface area contributed by atoms with Gasteiger partial charge >= 0.3 is 0 Å². The Kier molecular flexibility index (Phi) is 7.71. The molecule has 0 bridgehead atoms. The molecule has 0 amide bonds. The van der Waals surface area contributed by atoms with Gasteiger partial charge in [0, 0.05) is 0 Å². The van der Waals surface area contributed by atoms with Gasteiger partial charge in [-0.1, -0.05) is 57.2 Å². The lowest BCUT2D eigenvalue weighted by Gasteiger charge is -2.42. The zero-order chi connectivity index (χ0) is 20.9. The van der Waals surface area contributed by atoms with Gasteiger partial charge in [0.2, 0.25) is 0 Å². The average molecular weight is 411 g/mol. The largest absolute Gasteiger partial charge is 0.207 e. The molecule has 0 saturated heterocycles. The molecule has 166 valence electrons. The molecule has 5 unspecified atom stereocenters. The second-order valence-corrected chi connectivity index (χ2v) is 10.7. The van der Waals surface area contributed by atoms with Gasteiger partial charge in [-0.3, -0.25) is 0 Å². The molecule has 0 heterocycles. The SMILES string of the molecule is C/C=C/C1CCC2CC(c3cc4c(cc3F)CC(CCCCCC)CC4)CCC2C1. The monoisotopic (exact) mass is 410 g/mol. The minimum absolute atomic E-state index is 0.103. The summed E-state index contributed by atoms with van der Waals surface area (Å²) in [4.78, 5) is 0. The van der Waals surface area contributed by atoms with Gasteiger partial charge in [-0.15, -0.1) is 0 Å². The van der Waals surface area contributed by atoms with E-state index in [-0.39, 0.29) is 5.82 Å². The molecule has 3 aliphatic carbocycles. The summed E-state index contributed by atoms with van der Waals surface area (Å²) in [7, 11) is 0. The molecule has 1 aromatic rings. The van der Waals surface area contributed by atoms with E-state index < -0.39 is 0 Å². The van der Waals surface area contributed by atoms with E-state index in [9.17, 15) is 0 Å². The number of halogens is 1. The van der Waals surface area contributed by atoms with Gasteiger partial charge in [0.25, 0.3) is 0 Å². The first-order chi connectivity index (χ1) is 14.7. The van der Waals surface area contributed by atoms with Gasteiger partial charge in [0.1, 0.15) is 5.82 Å². The zero-order valence-corrected chi connectivity index (χ0v) is 19.5. The Hall–Kier alpha value is -1.11. The maximum Gasteiger partial charge on any atom is 0.126 e. The number of aryl methyl sites for hydroxylation is 1. The Labute approximate surface area is 184 Å². The number of rotatable bonds is 7. The van der Waals surface area contributed by atoms with E-state index in [1.54, 1.807) is 0 Å². The molecule has 0 N–H and O–H groups in total. The molecule has 2 saturated carbocycles. The van der Waals surface area contributed by atoms with Crippen LogP contribution < -0.4 is 0 Å². The number of fused-ring (bicyclic) bond motifs is 2. The van der Waals surface area contributed by atoms with Crippen LogP contribution in [0.15, 0.2) is 24.3 Å². The van der Waals surface area contributed by atoms with Crippen LogP contribution in [0.3, 0.4) is 0 Å². The Morgan fingerprint density at radius 2 is 1.77 bits per heavy atom. The molecule has 5 atom stereocenters. The molecule has 0 nitrogen and oxygen atoms in total. The van der Waals surface area contributed by atoms with Crippen molar-refractivity contribution in [1.29, 1.82) is 0 Å². The molecular formula is C29H43F. The van der Waals surface area contributed by atoms with Crippen LogP contribution in [0.5, 0.6) is 0 Å². The number of unbranched alkanes of at least 4 members (excludes halogenated alkanes) is 3. The van der Waals surface area contributed by atoms with Gasteiger partial charge in [-0.05, 0) is 117 Å². The summed E-state index contributed by atoms with van der Waals surface area (Å²) in [5.74, 6) is 3.84. The van der Waals surface area contributed by atoms with Crippen molar-refractivity contribution < 1.29 is 4.39 Å². The third-order valence-electron chi connectivity index (χ3n) is 8.67. The summed E-state index contributed by atoms with van der Waals surface area (Å²) in [5.41, 5.74) is 3.85. The lowest BCUT2D eigenvalue weighted by atomic mass is 9.63. The van der Waals surface area contributed by atoms with Crippen LogP contribution in [0.1, 0.15) is 114 Å². The van der Waals surface area contributed by atoms with Crippen molar-refractivity contribution in [2.45, 2.75) is 110 Å². The molecule has 3 aliphatic rings. The molecule has 30 heavy (non-hydrogen) atoms. The summed E-state index contributed by atoms with van der Waals surface area (Å²) in [6.45, 7) is 4.43. The Bertz CT molecular complexity index is 717. The number of benzene rings is 1. The minimum atomic E-state index is 0.103. The molecular weight excluding hydrogens is 367 g/mol. The van der Waals surface area contributed by atoms with Gasteiger partial charge in [0.05, 0.1) is 0 Å². The van der Waals surface area contributed by atoms with Crippen molar-refractivity contribution >= 4 is 0 Å². The van der Waals surface area contributed by atoms with Crippen LogP contribution in [0.25, 0.3) is 0 Å². The molecule has 0 radical (unpaired) electrons. The third-order valence-corrected chi connectivity index (χ3v) is 8.67. The van der Waals surface area contributed by atoms with Crippen molar-refractivity contribution in [1.82, 2.24) is 0 Å². The third kappa shape index (κ3) is 5.20. The fourth-order valence-electron chi connectivity index (χ4n) is 6.95. The molecule has 1 heteroatoms. The van der Waals surface area contributed by atoms with E-state index in [1.807, 2.05) is 6.07 Å². The Balaban J connectivity index is 1.37. The molecule has 0 aromatic heterocycles. The van der Waals surface area contributed by atoms with Crippen LogP contribution in [-0.4, -0.2) is 0 Å². The summed E-state index contributed by atoms with van der Waals surface area (Å²) in [5, 5.41) is 0. The van der Waals surface area contributed by atoms with Crippen LogP contribution in [0, 0.1) is 29.5 Å². The Morgan fingerprint density at radius 1 is 0.933 bits per heavy atom. The predicted molar refractivity (Wildman–Crippen MR) is 126 cm³/mol. The molecule has 0 spiro atoms. The number of allylic oxidation sites excluding steroid dienone is 2. The minimum Gasteiger partial charge on any atom is -0.207 e. The quantitative estimate of drug-likeness (QED) is 0.311. The van der Waals surface area contributed by atoms with E-state index in [4.69, 9.17) is 0 Å². The fraction of sp³-hybridized carbons (Fsp3) is 0.724. The zero-order valence-electron chi connectivity index (χ0n) is 19.5. The fourth-order valence-corrected chi connectivity index (χ4v) is 6.95. The van der Waals surface area contributed by atoms with Gasteiger partial charge in [-0.25, -0.2) is 4.39 Å². The highest BCUT2D eigenvalue weighted by molar-refractivity contribution is 5.37. The summed E-state index contributed by atoms with van der Waals surface area (Å²) >= 11 is 0. The lowest BCUT2D eigenvalue weighted by Crippen LogP contribution is -2.30. The first-order valence-electron chi connectivity index (χ1n) is 13.1. The van der Waals surface area contributed by atoms with Crippen LogP contribution in [-0.2, 0) is 12.8 Å². The molecule has 4 rings (SSSR count). The van der Waals surface area contributed by atoms with E-state index in [2.05, 4.69) is 32.1 Å². The molecule has 1 aromatic carbocycles. The highest BCUT2D eigenvalue weighted by atomic mass is 19.1. The van der Waals surface area contributed by atoms with Crippen LogP contribution in [0.2, 0.25) is 0 Å². The van der Waals surface area contributed by atoms with Gasteiger partial charge in [0.15, 0.2) is 0 Å². The highest BCUT2D eigenvalue weighted by Crippen LogP contribution is 2.48.